The molecule has 186 valence electrons. The van der Waals surface area contributed by atoms with Gasteiger partial charge in [0.15, 0.2) is 0 Å². The molecule has 2 aliphatic heterocycles. The molecule has 2 fully saturated rings. The second-order valence-electron chi connectivity index (χ2n) is 9.94. The van der Waals surface area contributed by atoms with Gasteiger partial charge in [0.05, 0.1) is 12.6 Å². The molecule has 2 saturated heterocycles. The summed E-state index contributed by atoms with van der Waals surface area (Å²) >= 11 is 0. The minimum Gasteiger partial charge on any atom is -0.494 e. The zero-order chi connectivity index (χ0) is 23.4. The molecule has 0 atom stereocenters. The predicted molar refractivity (Wildman–Crippen MR) is 141 cm³/mol. The summed E-state index contributed by atoms with van der Waals surface area (Å²) in [6.07, 6.45) is 14.9. The monoisotopic (exact) mass is 465 g/mol. The fourth-order valence-electron chi connectivity index (χ4n) is 4.89. The van der Waals surface area contributed by atoms with E-state index >= 15 is 0 Å². The van der Waals surface area contributed by atoms with Gasteiger partial charge in [-0.05, 0) is 43.0 Å². The van der Waals surface area contributed by atoms with E-state index in [2.05, 4.69) is 51.3 Å². The molecule has 1 N–H and O–H groups in total. The van der Waals surface area contributed by atoms with E-state index in [1.165, 1.54) is 63.4 Å². The van der Waals surface area contributed by atoms with Crippen LogP contribution in [0.2, 0.25) is 0 Å². The van der Waals surface area contributed by atoms with Gasteiger partial charge in [-0.2, -0.15) is 4.98 Å². The highest BCUT2D eigenvalue weighted by atomic mass is 16.5. The number of ether oxygens (including phenoxy) is 1. The molecule has 2 aliphatic rings. The van der Waals surface area contributed by atoms with Crippen molar-refractivity contribution < 1.29 is 4.74 Å². The first-order valence-electron chi connectivity index (χ1n) is 13.6. The molecule has 3 heterocycles. The van der Waals surface area contributed by atoms with Crippen molar-refractivity contribution in [2.24, 2.45) is 0 Å². The van der Waals surface area contributed by atoms with Crippen molar-refractivity contribution in [3.63, 3.8) is 0 Å². The van der Waals surface area contributed by atoms with Crippen LogP contribution in [0.15, 0.2) is 36.5 Å². The minimum absolute atomic E-state index is 0.416. The third-order valence-corrected chi connectivity index (χ3v) is 6.96. The third kappa shape index (κ3) is 7.86. The van der Waals surface area contributed by atoms with Gasteiger partial charge in [0.2, 0.25) is 5.95 Å². The molecular formula is C28H43N5O. The summed E-state index contributed by atoms with van der Waals surface area (Å²) in [7, 11) is 0. The highest BCUT2D eigenvalue weighted by Gasteiger charge is 2.27. The molecule has 2 aromatic rings. The van der Waals surface area contributed by atoms with E-state index in [4.69, 9.17) is 9.72 Å². The summed E-state index contributed by atoms with van der Waals surface area (Å²) in [4.78, 5) is 14.1. The number of likely N-dealkylation sites (tertiary alicyclic amines) is 1. The first kappa shape index (κ1) is 24.8. The summed E-state index contributed by atoms with van der Waals surface area (Å²) in [6, 6.07) is 11.1. The number of hydrogen-bond donors (Lipinski definition) is 1. The molecule has 0 aliphatic carbocycles. The van der Waals surface area contributed by atoms with Crippen LogP contribution in [-0.2, 0) is 6.54 Å². The van der Waals surface area contributed by atoms with Crippen LogP contribution in [-0.4, -0.2) is 53.7 Å². The maximum atomic E-state index is 5.92. The maximum Gasteiger partial charge on any atom is 0.224 e. The first-order valence-corrected chi connectivity index (χ1v) is 13.6. The SMILES string of the molecule is CCCCCCCCOc1ccc(CN2CC(Nc3nccc(N4CCCCCC4)n3)C2)cc1. The molecule has 1 aromatic heterocycles. The smallest absolute Gasteiger partial charge is 0.224 e. The molecule has 6 nitrogen and oxygen atoms in total. The Morgan fingerprint density at radius 2 is 1.65 bits per heavy atom. The van der Waals surface area contributed by atoms with Gasteiger partial charge in [-0.25, -0.2) is 4.98 Å². The summed E-state index contributed by atoms with van der Waals surface area (Å²) in [5, 5.41) is 3.53. The van der Waals surface area contributed by atoms with Crippen molar-refractivity contribution >= 4 is 11.8 Å². The van der Waals surface area contributed by atoms with E-state index < -0.39 is 0 Å². The molecule has 0 spiro atoms. The lowest BCUT2D eigenvalue weighted by Crippen LogP contribution is -2.54. The Kier molecular flexibility index (Phi) is 9.85. The predicted octanol–water partition coefficient (Wildman–Crippen LogP) is 5.89. The zero-order valence-electron chi connectivity index (χ0n) is 21.1. The molecule has 1 aromatic carbocycles. The van der Waals surface area contributed by atoms with Crippen molar-refractivity contribution in [3.05, 3.63) is 42.1 Å². The van der Waals surface area contributed by atoms with Crippen molar-refractivity contribution in [2.45, 2.75) is 83.7 Å². The Labute approximate surface area is 206 Å². The lowest BCUT2D eigenvalue weighted by atomic mass is 10.1. The average Bonchev–Trinajstić information content (AvgIpc) is 3.13. The largest absolute Gasteiger partial charge is 0.494 e. The Hall–Kier alpha value is -2.34. The van der Waals surface area contributed by atoms with E-state index in [0.29, 0.717) is 6.04 Å². The van der Waals surface area contributed by atoms with Crippen LogP contribution in [0.5, 0.6) is 5.75 Å². The number of nitrogens with zero attached hydrogens (tertiary/aromatic N) is 4. The first-order chi connectivity index (χ1) is 16.8. The van der Waals surface area contributed by atoms with Crippen LogP contribution in [0.4, 0.5) is 11.8 Å². The molecule has 34 heavy (non-hydrogen) atoms. The van der Waals surface area contributed by atoms with Gasteiger partial charge < -0.3 is 15.0 Å². The van der Waals surface area contributed by atoms with Crippen molar-refractivity contribution in [1.82, 2.24) is 14.9 Å². The third-order valence-electron chi connectivity index (χ3n) is 6.96. The Morgan fingerprint density at radius 1 is 0.912 bits per heavy atom. The fraction of sp³-hybridized carbons (Fsp3) is 0.643. The van der Waals surface area contributed by atoms with Gasteiger partial charge in [0, 0.05) is 38.9 Å². The molecule has 0 bridgehead atoms. The van der Waals surface area contributed by atoms with E-state index in [-0.39, 0.29) is 0 Å². The maximum absolute atomic E-state index is 5.92. The summed E-state index contributed by atoms with van der Waals surface area (Å²) in [5.41, 5.74) is 1.34. The topological polar surface area (TPSA) is 53.5 Å². The van der Waals surface area contributed by atoms with Gasteiger partial charge in [0.1, 0.15) is 11.6 Å². The van der Waals surface area contributed by atoms with Crippen LogP contribution in [0.3, 0.4) is 0 Å². The van der Waals surface area contributed by atoms with E-state index in [1.54, 1.807) is 0 Å². The standard InChI is InChI=1S/C28H43N5O/c1-2-3-4-5-8-11-20-34-26-14-12-24(13-15-26)21-32-22-25(23-32)30-28-29-17-16-27(31-28)33-18-9-6-7-10-19-33/h12-17,25H,2-11,18-23H2,1H3,(H,29,30,31). The minimum atomic E-state index is 0.416. The second-order valence-corrected chi connectivity index (χ2v) is 9.94. The van der Waals surface area contributed by atoms with Crippen molar-refractivity contribution in [2.75, 3.05) is 43.0 Å². The molecule has 6 heteroatoms. The lowest BCUT2D eigenvalue weighted by molar-refractivity contribution is 0.152. The van der Waals surface area contributed by atoms with Crippen molar-refractivity contribution in [3.8, 4) is 5.75 Å². The van der Waals surface area contributed by atoms with Crippen LogP contribution >= 0.6 is 0 Å². The summed E-state index contributed by atoms with van der Waals surface area (Å²) in [5.74, 6) is 2.81. The molecular weight excluding hydrogens is 422 g/mol. The fourth-order valence-corrected chi connectivity index (χ4v) is 4.89. The summed E-state index contributed by atoms with van der Waals surface area (Å²) in [6.45, 7) is 8.32. The number of anilines is 2. The van der Waals surface area contributed by atoms with Gasteiger partial charge in [0.25, 0.3) is 0 Å². The van der Waals surface area contributed by atoms with Crippen LogP contribution in [0.25, 0.3) is 0 Å². The van der Waals surface area contributed by atoms with Crippen molar-refractivity contribution in [1.29, 1.82) is 0 Å². The van der Waals surface area contributed by atoms with Gasteiger partial charge in [-0.15, -0.1) is 0 Å². The lowest BCUT2D eigenvalue weighted by Gasteiger charge is -2.39. The van der Waals surface area contributed by atoms with Gasteiger partial charge >= 0.3 is 0 Å². The van der Waals surface area contributed by atoms with Crippen LogP contribution in [0, 0.1) is 0 Å². The van der Waals surface area contributed by atoms with Crippen LogP contribution in [0.1, 0.15) is 76.7 Å². The Bertz CT molecular complexity index is 829. The number of unbranched alkanes of at least 4 members (excludes halogenated alkanes) is 5. The zero-order valence-corrected chi connectivity index (χ0v) is 21.1. The van der Waals surface area contributed by atoms with Gasteiger partial charge in [-0.1, -0.05) is 64.0 Å². The average molecular weight is 466 g/mol. The molecule has 4 rings (SSSR count). The number of hydrogen-bond acceptors (Lipinski definition) is 6. The Morgan fingerprint density at radius 3 is 2.41 bits per heavy atom. The summed E-state index contributed by atoms with van der Waals surface area (Å²) < 4.78 is 5.92. The highest BCUT2D eigenvalue weighted by Crippen LogP contribution is 2.21. The molecule has 0 saturated carbocycles. The number of nitrogens with one attached hydrogen (secondary N) is 1. The molecule has 0 radical (unpaired) electrons. The van der Waals surface area contributed by atoms with E-state index in [1.807, 2.05) is 12.3 Å². The second kappa shape index (κ2) is 13.5. The normalized spacial score (nSPS) is 17.3. The van der Waals surface area contributed by atoms with E-state index in [0.717, 1.165) is 63.3 Å². The molecule has 0 amide bonds. The van der Waals surface area contributed by atoms with E-state index in [9.17, 15) is 0 Å². The van der Waals surface area contributed by atoms with Crippen LogP contribution < -0.4 is 15.0 Å². The molecule has 0 unspecified atom stereocenters. The quantitative estimate of drug-likeness (QED) is 0.372. The van der Waals surface area contributed by atoms with Gasteiger partial charge in [-0.3, -0.25) is 4.90 Å². The number of aromatic nitrogens is 2. The number of rotatable bonds is 13. The Balaban J connectivity index is 1.13. The highest BCUT2D eigenvalue weighted by molar-refractivity contribution is 5.43. The number of benzene rings is 1.